The summed E-state index contributed by atoms with van der Waals surface area (Å²) in [5.41, 5.74) is 0. The second-order valence-corrected chi connectivity index (χ2v) is 8.41. The second kappa shape index (κ2) is 7.26. The van der Waals surface area contributed by atoms with Crippen molar-refractivity contribution in [3.05, 3.63) is 66.7 Å². The molecule has 1 aliphatic rings. The number of aliphatic carboxylic acids is 1. The number of fused-ring (bicyclic) bond motifs is 2. The first-order chi connectivity index (χ1) is 16.0. The van der Waals surface area contributed by atoms with E-state index in [9.17, 15) is 25.2 Å². The summed E-state index contributed by atoms with van der Waals surface area (Å²) < 4.78 is 11.5. The summed E-state index contributed by atoms with van der Waals surface area (Å²) in [5.74, 6) is -1.05. The summed E-state index contributed by atoms with van der Waals surface area (Å²) in [6.45, 7) is 0. The van der Waals surface area contributed by atoms with Crippen molar-refractivity contribution >= 4 is 49.1 Å². The van der Waals surface area contributed by atoms with Crippen LogP contribution in [0.4, 0.5) is 0 Å². The number of hydrogen-bond acceptors (Lipinski definition) is 6. The molecule has 5 aromatic carbocycles. The van der Waals surface area contributed by atoms with Crippen LogP contribution in [0.5, 0.6) is 5.75 Å². The standard InChI is InChI=1S/C26H20O7/c27-20-21(28)24(25(30)31)33-26(22(20)29)32-23-16-7-2-1-6-14(16)15-10-8-12-4-3-5-13-9-11-17(23)19(15)18(12)13/h1-11,20-22,24,26-29H,(H,30,31)/t20-,21-,22+,24-,26+/m0/s1. The Labute approximate surface area is 187 Å². The lowest BCUT2D eigenvalue weighted by atomic mass is 9.90. The zero-order valence-electron chi connectivity index (χ0n) is 17.3. The molecule has 166 valence electrons. The van der Waals surface area contributed by atoms with E-state index in [1.54, 1.807) is 0 Å². The van der Waals surface area contributed by atoms with Crippen molar-refractivity contribution in [2.24, 2.45) is 0 Å². The maximum absolute atomic E-state index is 11.5. The van der Waals surface area contributed by atoms with E-state index in [0.717, 1.165) is 43.1 Å². The van der Waals surface area contributed by atoms with Crippen molar-refractivity contribution < 1.29 is 34.7 Å². The molecule has 0 unspecified atom stereocenters. The number of benzene rings is 5. The Morgan fingerprint density at radius 1 is 0.697 bits per heavy atom. The molecule has 1 fully saturated rings. The molecule has 5 atom stereocenters. The van der Waals surface area contributed by atoms with E-state index >= 15 is 0 Å². The number of carbonyl (C=O) groups is 1. The Morgan fingerprint density at radius 3 is 2.06 bits per heavy atom. The molecular weight excluding hydrogens is 424 g/mol. The molecule has 0 bridgehead atoms. The van der Waals surface area contributed by atoms with E-state index in [4.69, 9.17) is 9.47 Å². The molecule has 7 nitrogen and oxygen atoms in total. The highest BCUT2D eigenvalue weighted by molar-refractivity contribution is 6.31. The highest BCUT2D eigenvalue weighted by Gasteiger charge is 2.48. The van der Waals surface area contributed by atoms with Crippen LogP contribution in [0.1, 0.15) is 0 Å². The molecule has 33 heavy (non-hydrogen) atoms. The molecule has 0 aromatic heterocycles. The minimum absolute atomic E-state index is 0.410. The lowest BCUT2D eigenvalue weighted by Gasteiger charge is -2.38. The fourth-order valence-electron chi connectivity index (χ4n) is 4.95. The van der Waals surface area contributed by atoms with Crippen LogP contribution in [0.2, 0.25) is 0 Å². The van der Waals surface area contributed by atoms with Crippen LogP contribution in [0.3, 0.4) is 0 Å². The third-order valence-corrected chi connectivity index (χ3v) is 6.53. The summed E-state index contributed by atoms with van der Waals surface area (Å²) in [6, 6.07) is 21.8. The van der Waals surface area contributed by atoms with Crippen molar-refractivity contribution in [2.75, 3.05) is 0 Å². The Hall–Kier alpha value is -3.49. The largest absolute Gasteiger partial charge is 0.479 e. The van der Waals surface area contributed by atoms with Crippen LogP contribution < -0.4 is 4.74 Å². The van der Waals surface area contributed by atoms with Gasteiger partial charge in [-0.25, -0.2) is 4.79 Å². The SMILES string of the molecule is O=C(O)[C@H]1O[C@@H](Oc2c3ccccc3c3ccc4cccc5ccc2c3c54)[C@H](O)[C@@H](O)[C@@H]1O. The number of carboxylic acids is 1. The van der Waals surface area contributed by atoms with Gasteiger partial charge >= 0.3 is 5.97 Å². The first kappa shape index (κ1) is 20.1. The maximum Gasteiger partial charge on any atom is 0.335 e. The fourth-order valence-corrected chi connectivity index (χ4v) is 4.95. The fraction of sp³-hybridized carbons (Fsp3) is 0.192. The van der Waals surface area contributed by atoms with Gasteiger partial charge in [0, 0.05) is 16.2 Å². The Kier molecular flexibility index (Phi) is 4.43. The second-order valence-electron chi connectivity index (χ2n) is 8.41. The summed E-state index contributed by atoms with van der Waals surface area (Å²) >= 11 is 0. The van der Waals surface area contributed by atoms with Crippen molar-refractivity contribution in [3.63, 3.8) is 0 Å². The van der Waals surface area contributed by atoms with Gasteiger partial charge in [-0.1, -0.05) is 60.7 Å². The molecule has 1 heterocycles. The van der Waals surface area contributed by atoms with Crippen molar-refractivity contribution in [1.29, 1.82) is 0 Å². The van der Waals surface area contributed by atoms with Gasteiger partial charge in [-0.3, -0.25) is 0 Å². The Bertz CT molecular complexity index is 1510. The maximum atomic E-state index is 11.5. The normalized spacial score (nSPS) is 25.8. The van der Waals surface area contributed by atoms with Crippen LogP contribution in [-0.4, -0.2) is 57.1 Å². The van der Waals surface area contributed by atoms with Crippen molar-refractivity contribution in [2.45, 2.75) is 30.7 Å². The van der Waals surface area contributed by atoms with Gasteiger partial charge in [0.1, 0.15) is 24.1 Å². The first-order valence-corrected chi connectivity index (χ1v) is 10.6. The van der Waals surface area contributed by atoms with Gasteiger partial charge < -0.3 is 29.9 Å². The molecule has 6 rings (SSSR count). The molecule has 0 amide bonds. The molecule has 5 aromatic rings. The van der Waals surface area contributed by atoms with Gasteiger partial charge in [0.2, 0.25) is 6.29 Å². The minimum atomic E-state index is -1.78. The average Bonchev–Trinajstić information content (AvgIpc) is 2.83. The lowest BCUT2D eigenvalue weighted by molar-refractivity contribution is -0.270. The molecule has 0 saturated carbocycles. The van der Waals surface area contributed by atoms with E-state index in [0.29, 0.717) is 5.75 Å². The number of aliphatic hydroxyl groups excluding tert-OH is 3. The molecule has 1 saturated heterocycles. The molecule has 7 heteroatoms. The van der Waals surface area contributed by atoms with Crippen molar-refractivity contribution in [1.82, 2.24) is 0 Å². The van der Waals surface area contributed by atoms with Crippen LogP contribution in [0.15, 0.2) is 66.7 Å². The van der Waals surface area contributed by atoms with E-state index in [1.165, 1.54) is 0 Å². The number of aliphatic hydroxyl groups is 3. The predicted molar refractivity (Wildman–Crippen MR) is 123 cm³/mol. The van der Waals surface area contributed by atoms with Gasteiger partial charge in [-0.2, -0.15) is 0 Å². The van der Waals surface area contributed by atoms with Crippen LogP contribution in [0.25, 0.3) is 43.1 Å². The zero-order chi connectivity index (χ0) is 22.9. The van der Waals surface area contributed by atoms with Crippen LogP contribution in [0, 0.1) is 0 Å². The quantitative estimate of drug-likeness (QED) is 0.250. The number of ether oxygens (including phenoxy) is 2. The van der Waals surface area contributed by atoms with Gasteiger partial charge in [-0.15, -0.1) is 0 Å². The van der Waals surface area contributed by atoms with E-state index in [1.807, 2.05) is 54.6 Å². The van der Waals surface area contributed by atoms with Gasteiger partial charge in [-0.05, 0) is 33.0 Å². The monoisotopic (exact) mass is 444 g/mol. The van der Waals surface area contributed by atoms with Crippen molar-refractivity contribution in [3.8, 4) is 5.75 Å². The van der Waals surface area contributed by atoms with Crippen LogP contribution >= 0.6 is 0 Å². The number of hydrogen-bond donors (Lipinski definition) is 4. The molecule has 0 aliphatic carbocycles. The molecular formula is C26H20O7. The highest BCUT2D eigenvalue weighted by Crippen LogP contribution is 2.45. The summed E-state index contributed by atoms with van der Waals surface area (Å²) in [6.07, 6.45) is -8.40. The van der Waals surface area contributed by atoms with Crippen LogP contribution in [-0.2, 0) is 9.53 Å². The number of rotatable bonds is 3. The zero-order valence-corrected chi connectivity index (χ0v) is 17.3. The molecule has 4 N–H and O–H groups in total. The molecule has 1 aliphatic heterocycles. The van der Waals surface area contributed by atoms with E-state index < -0.39 is 36.7 Å². The third kappa shape index (κ3) is 2.87. The first-order valence-electron chi connectivity index (χ1n) is 10.6. The van der Waals surface area contributed by atoms with E-state index in [-0.39, 0.29) is 0 Å². The Morgan fingerprint density at radius 2 is 1.36 bits per heavy atom. The topological polar surface area (TPSA) is 116 Å². The minimum Gasteiger partial charge on any atom is -0.479 e. The Balaban J connectivity index is 1.61. The smallest absolute Gasteiger partial charge is 0.335 e. The van der Waals surface area contributed by atoms with Gasteiger partial charge in [0.25, 0.3) is 0 Å². The summed E-state index contributed by atoms with van der Waals surface area (Å²) in [4.78, 5) is 11.5. The van der Waals surface area contributed by atoms with Gasteiger partial charge in [0.05, 0.1) is 0 Å². The third-order valence-electron chi connectivity index (χ3n) is 6.53. The van der Waals surface area contributed by atoms with Gasteiger partial charge in [0.15, 0.2) is 6.10 Å². The predicted octanol–water partition coefficient (Wildman–Crippen LogP) is 3.01. The molecule has 0 radical (unpaired) electrons. The number of carboxylic acid groups (broad SMARTS) is 1. The average molecular weight is 444 g/mol. The summed E-state index contributed by atoms with van der Waals surface area (Å²) in [5, 5.41) is 47.9. The summed E-state index contributed by atoms with van der Waals surface area (Å²) in [7, 11) is 0. The highest BCUT2D eigenvalue weighted by atomic mass is 16.7. The lowest BCUT2D eigenvalue weighted by Crippen LogP contribution is -2.61. The van der Waals surface area contributed by atoms with E-state index in [2.05, 4.69) is 12.1 Å². The molecule has 0 spiro atoms.